The van der Waals surface area contributed by atoms with Crippen molar-refractivity contribution in [3.05, 3.63) is 102 Å². The van der Waals surface area contributed by atoms with Gasteiger partial charge in [0, 0.05) is 18.7 Å². The second kappa shape index (κ2) is 14.8. The molecule has 1 aromatic heterocycles. The highest BCUT2D eigenvalue weighted by Gasteiger charge is 2.20. The zero-order chi connectivity index (χ0) is 29.0. The van der Waals surface area contributed by atoms with Crippen LogP contribution in [-0.2, 0) is 16.0 Å². The van der Waals surface area contributed by atoms with Crippen LogP contribution in [0, 0.1) is 0 Å². The molecule has 4 rings (SSSR count). The average Bonchev–Trinajstić information content (AvgIpc) is 3.53. The van der Waals surface area contributed by atoms with E-state index in [0.717, 1.165) is 48.6 Å². The third kappa shape index (κ3) is 8.27. The Morgan fingerprint density at radius 3 is 2.66 bits per heavy atom. The van der Waals surface area contributed by atoms with Gasteiger partial charge in [0.1, 0.15) is 23.9 Å². The van der Waals surface area contributed by atoms with Gasteiger partial charge in [0.15, 0.2) is 5.76 Å². The Morgan fingerprint density at radius 1 is 1.05 bits per heavy atom. The first-order chi connectivity index (χ1) is 20.0. The van der Waals surface area contributed by atoms with E-state index in [1.165, 1.54) is 11.8 Å². The fourth-order valence-corrected chi connectivity index (χ4v) is 4.75. The number of carbonyl (C=O) groups excluding carboxylic acids is 2. The first kappa shape index (κ1) is 29.5. The summed E-state index contributed by atoms with van der Waals surface area (Å²) in [5, 5.41) is 2.64. The van der Waals surface area contributed by atoms with E-state index in [1.54, 1.807) is 17.0 Å². The predicted octanol–water partition coefficient (Wildman–Crippen LogP) is 5.67. The number of rotatable bonds is 9. The lowest BCUT2D eigenvalue weighted by Crippen LogP contribution is -2.42. The number of anilines is 1. The number of furan rings is 1. The number of carbonyl (C=O) groups is 2. The molecule has 0 fully saturated rings. The Balaban J connectivity index is 1.40. The van der Waals surface area contributed by atoms with E-state index >= 15 is 0 Å². The summed E-state index contributed by atoms with van der Waals surface area (Å²) in [7, 11) is 0. The van der Waals surface area contributed by atoms with Crippen molar-refractivity contribution in [2.45, 2.75) is 33.1 Å². The first-order valence-corrected chi connectivity index (χ1v) is 14.2. The third-order valence-corrected chi connectivity index (χ3v) is 6.93. The lowest BCUT2D eigenvalue weighted by Gasteiger charge is -2.27. The molecular weight excluding hydrogens is 518 g/mol. The topological polar surface area (TPSA) is 84.2 Å². The van der Waals surface area contributed by atoms with Crippen LogP contribution in [0.25, 0.3) is 5.76 Å². The highest BCUT2D eigenvalue weighted by atomic mass is 16.5. The van der Waals surface area contributed by atoms with Crippen LogP contribution >= 0.6 is 0 Å². The maximum Gasteiger partial charge on any atom is 0.287 e. The number of para-hydroxylation sites is 2. The molecule has 0 radical (unpaired) electrons. The van der Waals surface area contributed by atoms with E-state index in [4.69, 9.17) is 13.9 Å². The minimum Gasteiger partial charge on any atom is -0.490 e. The fraction of sp³-hybridized carbons (Fsp3) is 0.333. The smallest absolute Gasteiger partial charge is 0.287 e. The lowest BCUT2D eigenvalue weighted by molar-refractivity contribution is -0.130. The molecule has 1 aliphatic rings. The maximum atomic E-state index is 12.9. The summed E-state index contributed by atoms with van der Waals surface area (Å²) in [4.78, 5) is 29.1. The van der Waals surface area contributed by atoms with Gasteiger partial charge in [-0.1, -0.05) is 43.8 Å². The Hall–Kier alpha value is -4.46. The molecule has 1 N–H and O–H groups in total. The summed E-state index contributed by atoms with van der Waals surface area (Å²) >= 11 is 0. The number of hydrogen-bond donors (Lipinski definition) is 1. The van der Waals surface area contributed by atoms with Crippen LogP contribution < -0.4 is 15.0 Å². The highest BCUT2D eigenvalue weighted by molar-refractivity contribution is 5.94. The molecule has 0 atom stereocenters. The highest BCUT2D eigenvalue weighted by Crippen LogP contribution is 2.30. The van der Waals surface area contributed by atoms with Gasteiger partial charge < -0.3 is 29.0 Å². The Labute approximate surface area is 242 Å². The zero-order valence-corrected chi connectivity index (χ0v) is 23.9. The molecule has 0 saturated heterocycles. The summed E-state index contributed by atoms with van der Waals surface area (Å²) in [5.74, 6) is 1.75. The van der Waals surface area contributed by atoms with Crippen molar-refractivity contribution >= 4 is 23.3 Å². The molecule has 216 valence electrons. The van der Waals surface area contributed by atoms with Crippen LogP contribution in [0.4, 0.5) is 5.69 Å². The molecule has 2 heterocycles. The molecular formula is C33H39N3O5. The number of amides is 2. The second-order valence-electron chi connectivity index (χ2n) is 9.83. The summed E-state index contributed by atoms with van der Waals surface area (Å²) in [5.41, 5.74) is 3.23. The van der Waals surface area contributed by atoms with Crippen molar-refractivity contribution in [3.63, 3.8) is 0 Å². The Kier molecular flexibility index (Phi) is 10.7. The van der Waals surface area contributed by atoms with Crippen LogP contribution in [0.3, 0.4) is 0 Å². The molecule has 2 aromatic carbocycles. The number of nitrogens with zero attached hydrogens (tertiary/aromatic N) is 2. The van der Waals surface area contributed by atoms with Crippen molar-refractivity contribution in [1.82, 2.24) is 10.2 Å². The zero-order valence-electron chi connectivity index (χ0n) is 23.9. The quantitative estimate of drug-likeness (QED) is 0.341. The van der Waals surface area contributed by atoms with E-state index in [-0.39, 0.29) is 18.2 Å². The third-order valence-electron chi connectivity index (χ3n) is 6.93. The van der Waals surface area contributed by atoms with Crippen LogP contribution in [0.5, 0.6) is 5.75 Å². The van der Waals surface area contributed by atoms with Crippen LogP contribution in [0.2, 0.25) is 0 Å². The van der Waals surface area contributed by atoms with Crippen molar-refractivity contribution in [1.29, 1.82) is 0 Å². The number of allylic oxidation sites excluding steroid dienone is 1. The molecule has 41 heavy (non-hydrogen) atoms. The van der Waals surface area contributed by atoms with Gasteiger partial charge >= 0.3 is 0 Å². The lowest BCUT2D eigenvalue weighted by atomic mass is 10.1. The van der Waals surface area contributed by atoms with E-state index in [1.807, 2.05) is 49.4 Å². The molecule has 3 aromatic rings. The number of benzene rings is 2. The van der Waals surface area contributed by atoms with Crippen LogP contribution in [0.1, 0.15) is 48.4 Å². The minimum absolute atomic E-state index is 0.103. The van der Waals surface area contributed by atoms with E-state index in [0.29, 0.717) is 32.0 Å². The van der Waals surface area contributed by atoms with Gasteiger partial charge in [0.25, 0.3) is 5.91 Å². The summed E-state index contributed by atoms with van der Waals surface area (Å²) in [6.45, 7) is 10.8. The Morgan fingerprint density at radius 2 is 1.88 bits per heavy atom. The normalized spacial score (nSPS) is 14.3. The fourth-order valence-electron chi connectivity index (χ4n) is 4.75. The van der Waals surface area contributed by atoms with Crippen molar-refractivity contribution in [3.8, 4) is 5.75 Å². The van der Waals surface area contributed by atoms with Gasteiger partial charge in [0.05, 0.1) is 31.6 Å². The van der Waals surface area contributed by atoms with Gasteiger partial charge in [-0.2, -0.15) is 0 Å². The number of ether oxygens (including phenoxy) is 2. The van der Waals surface area contributed by atoms with E-state index < -0.39 is 5.91 Å². The number of hydrogen-bond acceptors (Lipinski definition) is 6. The molecule has 8 nitrogen and oxygen atoms in total. The van der Waals surface area contributed by atoms with Crippen molar-refractivity contribution < 1.29 is 23.5 Å². The molecule has 0 spiro atoms. The molecule has 1 aliphatic heterocycles. The number of fused-ring (bicyclic) bond motifs is 1. The SMILES string of the molecule is C=C(CN1CCCCN(C(=O)CNC(=O)c2ccco2)CCOc2ccccc21)OC(=CC)c1cccc(CC)c1. The average molecular weight is 558 g/mol. The molecule has 8 heteroatoms. The van der Waals surface area contributed by atoms with Crippen LogP contribution in [0.15, 0.2) is 89.8 Å². The second-order valence-corrected chi connectivity index (χ2v) is 9.83. The van der Waals surface area contributed by atoms with Gasteiger partial charge in [-0.3, -0.25) is 9.59 Å². The van der Waals surface area contributed by atoms with Gasteiger partial charge in [-0.05, 0) is 68.2 Å². The molecule has 0 saturated carbocycles. The largest absolute Gasteiger partial charge is 0.490 e. The standard InChI is InChI=1S/C33H39N3O5/c1-4-26-12-10-13-27(22-26)29(5-2)41-25(3)24-36-18-9-8-17-35(19-21-40-30-15-7-6-14-28(30)36)32(37)23-34-33(38)31-16-11-20-39-31/h5-7,10-16,20,22H,3-4,8-9,17-19,21,23-24H2,1-2H3,(H,34,38). The molecule has 2 amide bonds. The van der Waals surface area contributed by atoms with Gasteiger partial charge in [-0.15, -0.1) is 0 Å². The van der Waals surface area contributed by atoms with E-state index in [9.17, 15) is 9.59 Å². The summed E-state index contributed by atoms with van der Waals surface area (Å²) in [6.07, 6.45) is 5.99. The number of nitrogens with one attached hydrogen (secondary N) is 1. The van der Waals surface area contributed by atoms with Gasteiger partial charge in [0.2, 0.25) is 5.91 Å². The minimum atomic E-state index is -0.413. The van der Waals surface area contributed by atoms with Gasteiger partial charge in [-0.25, -0.2) is 0 Å². The molecule has 0 bridgehead atoms. The van der Waals surface area contributed by atoms with Crippen molar-refractivity contribution in [2.24, 2.45) is 0 Å². The Bertz CT molecular complexity index is 1350. The summed E-state index contributed by atoms with van der Waals surface area (Å²) < 4.78 is 17.5. The summed E-state index contributed by atoms with van der Waals surface area (Å²) in [6, 6.07) is 19.5. The number of aryl methyl sites for hydroxylation is 1. The van der Waals surface area contributed by atoms with Crippen LogP contribution in [-0.4, -0.2) is 56.0 Å². The van der Waals surface area contributed by atoms with Crippen molar-refractivity contribution in [2.75, 3.05) is 44.2 Å². The first-order valence-electron chi connectivity index (χ1n) is 14.2. The maximum absolute atomic E-state index is 12.9. The molecule has 0 unspecified atom stereocenters. The van der Waals surface area contributed by atoms with E-state index in [2.05, 4.69) is 35.9 Å². The predicted molar refractivity (Wildman–Crippen MR) is 161 cm³/mol. The monoisotopic (exact) mass is 557 g/mol. The molecule has 0 aliphatic carbocycles.